The molecular weight excluding hydrogens is 228 g/mol. The van der Waals surface area contributed by atoms with Crippen molar-refractivity contribution >= 4 is 5.91 Å². The molecule has 0 bridgehead atoms. The third-order valence-corrected chi connectivity index (χ3v) is 3.04. The fourth-order valence-electron chi connectivity index (χ4n) is 1.88. The fourth-order valence-corrected chi connectivity index (χ4v) is 1.88. The summed E-state index contributed by atoms with van der Waals surface area (Å²) in [6.07, 6.45) is 0.398. The second kappa shape index (κ2) is 5.40. The maximum absolute atomic E-state index is 11.1. The quantitative estimate of drug-likeness (QED) is 0.832. The van der Waals surface area contributed by atoms with Crippen LogP contribution in [0.2, 0.25) is 0 Å². The van der Waals surface area contributed by atoms with Crippen molar-refractivity contribution in [3.8, 4) is 5.75 Å². The Morgan fingerprint density at radius 1 is 1.28 bits per heavy atom. The minimum Gasteiger partial charge on any atom is -0.493 e. The van der Waals surface area contributed by atoms with E-state index in [1.165, 1.54) is 5.56 Å². The van der Waals surface area contributed by atoms with Crippen molar-refractivity contribution in [1.82, 2.24) is 0 Å². The van der Waals surface area contributed by atoms with Gasteiger partial charge in [-0.15, -0.1) is 0 Å². The van der Waals surface area contributed by atoms with Crippen LogP contribution in [0.5, 0.6) is 5.75 Å². The highest BCUT2D eigenvalue weighted by Crippen LogP contribution is 2.25. The van der Waals surface area contributed by atoms with Crippen molar-refractivity contribution < 1.29 is 9.53 Å². The van der Waals surface area contributed by atoms with Gasteiger partial charge in [0.1, 0.15) is 5.75 Å². The van der Waals surface area contributed by atoms with Crippen molar-refractivity contribution in [3.63, 3.8) is 0 Å². The van der Waals surface area contributed by atoms with Gasteiger partial charge in [-0.2, -0.15) is 0 Å². The zero-order chi connectivity index (χ0) is 13.9. The van der Waals surface area contributed by atoms with Gasteiger partial charge in [0.05, 0.1) is 12.1 Å². The van der Waals surface area contributed by atoms with Crippen LogP contribution in [0.15, 0.2) is 12.1 Å². The van der Waals surface area contributed by atoms with E-state index in [1.54, 1.807) is 6.92 Å². The minimum atomic E-state index is -1.02. The number of hydrogen-bond acceptors (Lipinski definition) is 3. The molecule has 1 atom stereocenters. The third-order valence-electron chi connectivity index (χ3n) is 3.04. The van der Waals surface area contributed by atoms with Crippen LogP contribution >= 0.6 is 0 Å². The third kappa shape index (κ3) is 3.47. The van der Waals surface area contributed by atoms with Crippen molar-refractivity contribution in [1.29, 1.82) is 0 Å². The number of hydrogen-bond donors (Lipinski definition) is 2. The van der Waals surface area contributed by atoms with Crippen molar-refractivity contribution in [3.05, 3.63) is 28.8 Å². The van der Waals surface area contributed by atoms with Crippen LogP contribution in [0, 0.1) is 20.8 Å². The van der Waals surface area contributed by atoms with E-state index in [0.29, 0.717) is 13.0 Å². The predicted octanol–water partition coefficient (Wildman–Crippen LogP) is 1.58. The monoisotopic (exact) mass is 250 g/mol. The lowest BCUT2D eigenvalue weighted by atomic mass is 9.99. The summed E-state index contributed by atoms with van der Waals surface area (Å²) in [5.74, 6) is 0.351. The van der Waals surface area contributed by atoms with Crippen LogP contribution < -0.4 is 16.2 Å². The number of ether oxygens (including phenoxy) is 1. The highest BCUT2D eigenvalue weighted by molar-refractivity contribution is 5.83. The van der Waals surface area contributed by atoms with Gasteiger partial charge < -0.3 is 16.2 Å². The molecule has 4 heteroatoms. The molecule has 0 aliphatic rings. The van der Waals surface area contributed by atoms with Gasteiger partial charge in [-0.05, 0) is 38.8 Å². The molecule has 1 aromatic rings. The Morgan fingerprint density at radius 3 is 2.22 bits per heavy atom. The first-order chi connectivity index (χ1) is 8.24. The van der Waals surface area contributed by atoms with Crippen LogP contribution in [-0.4, -0.2) is 18.1 Å². The molecule has 4 N–H and O–H groups in total. The summed E-state index contributed by atoms with van der Waals surface area (Å²) < 4.78 is 5.72. The van der Waals surface area contributed by atoms with Crippen LogP contribution in [0.1, 0.15) is 30.0 Å². The van der Waals surface area contributed by atoms with Gasteiger partial charge >= 0.3 is 0 Å². The van der Waals surface area contributed by atoms with Crippen LogP contribution in [-0.2, 0) is 4.79 Å². The lowest BCUT2D eigenvalue weighted by Crippen LogP contribution is -2.50. The Balaban J connectivity index is 2.68. The molecule has 18 heavy (non-hydrogen) atoms. The largest absolute Gasteiger partial charge is 0.493 e. The molecule has 1 unspecified atom stereocenters. The summed E-state index contributed by atoms with van der Waals surface area (Å²) in [5, 5.41) is 0. The highest BCUT2D eigenvalue weighted by atomic mass is 16.5. The molecule has 1 aromatic carbocycles. The number of aryl methyl sites for hydroxylation is 3. The maximum Gasteiger partial charge on any atom is 0.237 e. The molecule has 4 nitrogen and oxygen atoms in total. The van der Waals surface area contributed by atoms with E-state index >= 15 is 0 Å². The van der Waals surface area contributed by atoms with Crippen LogP contribution in [0.3, 0.4) is 0 Å². The molecule has 0 saturated heterocycles. The molecule has 1 rings (SSSR count). The summed E-state index contributed by atoms with van der Waals surface area (Å²) in [6.45, 7) is 8.05. The molecule has 0 radical (unpaired) electrons. The lowest BCUT2D eigenvalue weighted by Gasteiger charge is -2.21. The minimum absolute atomic E-state index is 0.376. The summed E-state index contributed by atoms with van der Waals surface area (Å²) in [5.41, 5.74) is 13.3. The summed E-state index contributed by atoms with van der Waals surface area (Å²) >= 11 is 0. The Hall–Kier alpha value is -1.55. The Labute approximate surface area is 108 Å². The van der Waals surface area contributed by atoms with Crippen LogP contribution in [0.25, 0.3) is 0 Å². The average molecular weight is 250 g/mol. The first-order valence-electron chi connectivity index (χ1n) is 6.03. The van der Waals surface area contributed by atoms with Crippen LogP contribution in [0.4, 0.5) is 0 Å². The predicted molar refractivity (Wildman–Crippen MR) is 72.6 cm³/mol. The first kappa shape index (κ1) is 14.5. The standard InChI is InChI=1S/C14H22N2O2/c1-9-7-10(2)12(11(3)8-9)18-6-5-14(4,16)13(15)17/h7-8H,5-6,16H2,1-4H3,(H2,15,17). The van der Waals surface area contributed by atoms with Gasteiger partial charge in [0.25, 0.3) is 0 Å². The summed E-state index contributed by atoms with van der Waals surface area (Å²) in [7, 11) is 0. The fraction of sp³-hybridized carbons (Fsp3) is 0.500. The van der Waals surface area contributed by atoms with Gasteiger partial charge in [-0.1, -0.05) is 17.7 Å². The maximum atomic E-state index is 11.1. The number of carbonyl (C=O) groups excluding carboxylic acids is 1. The molecule has 0 aliphatic carbocycles. The molecule has 100 valence electrons. The highest BCUT2D eigenvalue weighted by Gasteiger charge is 2.25. The van der Waals surface area contributed by atoms with E-state index in [1.807, 2.05) is 20.8 Å². The molecule has 0 aromatic heterocycles. The topological polar surface area (TPSA) is 78.3 Å². The molecule has 0 heterocycles. The number of benzene rings is 1. The molecule has 0 fully saturated rings. The smallest absolute Gasteiger partial charge is 0.237 e. The normalized spacial score (nSPS) is 14.1. The van der Waals surface area contributed by atoms with Crippen molar-refractivity contribution in [2.45, 2.75) is 39.7 Å². The number of amides is 1. The summed E-state index contributed by atoms with van der Waals surface area (Å²) in [4.78, 5) is 11.1. The SMILES string of the molecule is Cc1cc(C)c(OCCC(C)(N)C(N)=O)c(C)c1. The second-order valence-corrected chi connectivity index (χ2v) is 5.11. The first-order valence-corrected chi connectivity index (χ1v) is 6.03. The van der Waals surface area contributed by atoms with E-state index in [4.69, 9.17) is 16.2 Å². The van der Waals surface area contributed by atoms with Gasteiger partial charge in [-0.25, -0.2) is 0 Å². The number of carbonyl (C=O) groups is 1. The molecule has 1 amide bonds. The van der Waals surface area contributed by atoms with Crippen molar-refractivity contribution in [2.24, 2.45) is 11.5 Å². The second-order valence-electron chi connectivity index (χ2n) is 5.11. The Morgan fingerprint density at radius 2 is 1.78 bits per heavy atom. The van der Waals surface area contributed by atoms with E-state index in [0.717, 1.165) is 16.9 Å². The number of rotatable bonds is 5. The van der Waals surface area contributed by atoms with Gasteiger partial charge in [0, 0.05) is 6.42 Å². The van der Waals surface area contributed by atoms with E-state index in [9.17, 15) is 4.79 Å². The van der Waals surface area contributed by atoms with E-state index < -0.39 is 11.4 Å². The molecule has 0 spiro atoms. The van der Waals surface area contributed by atoms with E-state index in [2.05, 4.69) is 12.1 Å². The average Bonchev–Trinajstić information content (AvgIpc) is 2.21. The number of primary amides is 1. The summed E-state index contributed by atoms with van der Waals surface area (Å²) in [6, 6.07) is 4.14. The zero-order valence-corrected chi connectivity index (χ0v) is 11.5. The number of nitrogens with two attached hydrogens (primary N) is 2. The molecule has 0 aliphatic heterocycles. The zero-order valence-electron chi connectivity index (χ0n) is 11.5. The Bertz CT molecular complexity index is 430. The van der Waals surface area contributed by atoms with Gasteiger partial charge in [0.2, 0.25) is 5.91 Å². The van der Waals surface area contributed by atoms with Crippen molar-refractivity contribution in [2.75, 3.05) is 6.61 Å². The van der Waals surface area contributed by atoms with Gasteiger partial charge in [0.15, 0.2) is 0 Å². The van der Waals surface area contributed by atoms with Gasteiger partial charge in [-0.3, -0.25) is 4.79 Å². The molecular formula is C14H22N2O2. The Kier molecular flexibility index (Phi) is 4.35. The molecule has 0 saturated carbocycles. The lowest BCUT2D eigenvalue weighted by molar-refractivity contribution is -0.123. The van der Waals surface area contributed by atoms with E-state index in [-0.39, 0.29) is 0 Å².